The van der Waals surface area contributed by atoms with E-state index in [4.69, 9.17) is 27.9 Å². The van der Waals surface area contributed by atoms with E-state index < -0.39 is 0 Å². The highest BCUT2D eigenvalue weighted by Crippen LogP contribution is 2.12. The Kier molecular flexibility index (Phi) is 4.06. The van der Waals surface area contributed by atoms with Crippen molar-refractivity contribution < 1.29 is 9.13 Å². The fourth-order valence-electron chi connectivity index (χ4n) is 0.758. The monoisotopic (exact) mass is 220 g/mol. The first kappa shape index (κ1) is 10.4. The highest BCUT2D eigenvalue weighted by Gasteiger charge is 1.94. The molecule has 0 aliphatic carbocycles. The van der Waals surface area contributed by atoms with Crippen LogP contribution in [0, 0.1) is 5.82 Å². The van der Waals surface area contributed by atoms with Crippen LogP contribution in [-0.2, 0) is 0 Å². The summed E-state index contributed by atoms with van der Waals surface area (Å²) in [6, 6.07) is 5.85. The SMILES string of the molecule is Fc1cccc(OCC=C(Cl)Cl)c1. The van der Waals surface area contributed by atoms with Crippen LogP contribution in [0.15, 0.2) is 34.8 Å². The minimum Gasteiger partial charge on any atom is -0.489 e. The lowest BCUT2D eigenvalue weighted by Crippen LogP contribution is -1.93. The van der Waals surface area contributed by atoms with E-state index in [2.05, 4.69) is 0 Å². The van der Waals surface area contributed by atoms with E-state index in [-0.39, 0.29) is 16.9 Å². The Balaban J connectivity index is 2.50. The van der Waals surface area contributed by atoms with Crippen molar-refractivity contribution in [3.05, 3.63) is 40.7 Å². The zero-order valence-electron chi connectivity index (χ0n) is 6.64. The Bertz CT molecular complexity index is 308. The lowest BCUT2D eigenvalue weighted by atomic mass is 10.3. The Morgan fingerprint density at radius 2 is 2.23 bits per heavy atom. The Morgan fingerprint density at radius 1 is 1.46 bits per heavy atom. The second-order valence-corrected chi connectivity index (χ2v) is 3.27. The van der Waals surface area contributed by atoms with E-state index >= 15 is 0 Å². The first-order chi connectivity index (χ1) is 6.18. The van der Waals surface area contributed by atoms with Gasteiger partial charge in [-0.2, -0.15) is 0 Å². The zero-order valence-corrected chi connectivity index (χ0v) is 8.15. The number of benzene rings is 1. The summed E-state index contributed by atoms with van der Waals surface area (Å²) in [4.78, 5) is 0. The highest BCUT2D eigenvalue weighted by molar-refractivity contribution is 6.55. The van der Waals surface area contributed by atoms with Crippen molar-refractivity contribution in [2.24, 2.45) is 0 Å². The predicted octanol–water partition coefficient (Wildman–Crippen LogP) is 3.52. The molecule has 1 aromatic rings. The van der Waals surface area contributed by atoms with Gasteiger partial charge < -0.3 is 4.74 Å². The normalized spacial score (nSPS) is 9.46. The molecule has 0 fully saturated rings. The summed E-state index contributed by atoms with van der Waals surface area (Å²) in [5.74, 6) is 0.115. The van der Waals surface area contributed by atoms with Crippen LogP contribution in [-0.4, -0.2) is 6.61 Å². The number of rotatable bonds is 3. The molecule has 0 atom stereocenters. The third-order valence-corrected chi connectivity index (χ3v) is 1.59. The summed E-state index contributed by atoms with van der Waals surface area (Å²) in [5.41, 5.74) is 0. The summed E-state index contributed by atoms with van der Waals surface area (Å²) in [6.45, 7) is 0.228. The quantitative estimate of drug-likeness (QED) is 0.758. The van der Waals surface area contributed by atoms with Gasteiger partial charge in [-0.1, -0.05) is 29.3 Å². The molecule has 0 aromatic heterocycles. The van der Waals surface area contributed by atoms with Crippen molar-refractivity contribution in [3.63, 3.8) is 0 Å². The summed E-state index contributed by atoms with van der Waals surface area (Å²) < 4.78 is 17.9. The van der Waals surface area contributed by atoms with E-state index in [0.29, 0.717) is 5.75 Å². The largest absolute Gasteiger partial charge is 0.489 e. The van der Waals surface area contributed by atoms with Crippen molar-refractivity contribution >= 4 is 23.2 Å². The molecule has 0 radical (unpaired) electrons. The van der Waals surface area contributed by atoms with Crippen molar-refractivity contribution in [3.8, 4) is 5.75 Å². The second-order valence-electron chi connectivity index (χ2n) is 2.26. The maximum atomic E-state index is 12.6. The molecule has 0 amide bonds. The third kappa shape index (κ3) is 4.15. The topological polar surface area (TPSA) is 9.23 Å². The number of hydrogen-bond donors (Lipinski definition) is 0. The molecule has 0 spiro atoms. The van der Waals surface area contributed by atoms with Crippen molar-refractivity contribution in [2.75, 3.05) is 6.61 Å². The van der Waals surface area contributed by atoms with Crippen LogP contribution in [0.3, 0.4) is 0 Å². The van der Waals surface area contributed by atoms with Crippen LogP contribution in [0.1, 0.15) is 0 Å². The van der Waals surface area contributed by atoms with Crippen LogP contribution in [0.4, 0.5) is 4.39 Å². The van der Waals surface area contributed by atoms with E-state index in [9.17, 15) is 4.39 Å². The van der Waals surface area contributed by atoms with Gasteiger partial charge in [-0.3, -0.25) is 0 Å². The summed E-state index contributed by atoms with van der Waals surface area (Å²) in [6.07, 6.45) is 1.48. The minimum atomic E-state index is -0.335. The van der Waals surface area contributed by atoms with Crippen LogP contribution in [0.5, 0.6) is 5.75 Å². The van der Waals surface area contributed by atoms with E-state index in [1.807, 2.05) is 0 Å². The van der Waals surface area contributed by atoms with Crippen LogP contribution < -0.4 is 4.74 Å². The molecule has 4 heteroatoms. The molecule has 0 saturated heterocycles. The molecule has 0 saturated carbocycles. The first-order valence-corrected chi connectivity index (χ1v) is 4.33. The first-order valence-electron chi connectivity index (χ1n) is 3.58. The summed E-state index contributed by atoms with van der Waals surface area (Å²) >= 11 is 10.7. The molecule has 0 bridgehead atoms. The maximum Gasteiger partial charge on any atom is 0.126 e. The van der Waals surface area contributed by atoms with Crippen molar-refractivity contribution in [1.82, 2.24) is 0 Å². The Labute approximate surface area is 85.7 Å². The molecule has 0 N–H and O–H groups in total. The number of hydrogen-bond acceptors (Lipinski definition) is 1. The number of halogens is 3. The standard InChI is InChI=1S/C9H7Cl2FO/c10-9(11)4-5-13-8-3-1-2-7(12)6-8/h1-4,6H,5H2. The molecule has 0 aliphatic heterocycles. The van der Waals surface area contributed by atoms with E-state index in [1.54, 1.807) is 12.1 Å². The lowest BCUT2D eigenvalue weighted by Gasteiger charge is -2.01. The van der Waals surface area contributed by atoms with Gasteiger partial charge in [-0.15, -0.1) is 0 Å². The molecule has 0 unspecified atom stereocenters. The van der Waals surface area contributed by atoms with E-state index in [0.717, 1.165) is 0 Å². The lowest BCUT2D eigenvalue weighted by molar-refractivity contribution is 0.360. The van der Waals surface area contributed by atoms with Crippen molar-refractivity contribution in [1.29, 1.82) is 0 Å². The van der Waals surface area contributed by atoms with Gasteiger partial charge in [0.05, 0.1) is 0 Å². The molecular formula is C9H7Cl2FO. The molecule has 0 aliphatic rings. The van der Waals surface area contributed by atoms with Crippen LogP contribution >= 0.6 is 23.2 Å². The molecule has 1 rings (SSSR count). The smallest absolute Gasteiger partial charge is 0.126 e. The molecule has 1 nitrogen and oxygen atoms in total. The maximum absolute atomic E-state index is 12.6. The summed E-state index contributed by atoms with van der Waals surface area (Å²) in [5, 5.41) is 0. The highest BCUT2D eigenvalue weighted by atomic mass is 35.5. The van der Waals surface area contributed by atoms with Crippen LogP contribution in [0.25, 0.3) is 0 Å². The molecular weight excluding hydrogens is 214 g/mol. The molecule has 13 heavy (non-hydrogen) atoms. The molecule has 0 heterocycles. The van der Waals surface area contributed by atoms with Gasteiger partial charge in [0.15, 0.2) is 0 Å². The van der Waals surface area contributed by atoms with Gasteiger partial charge in [0.1, 0.15) is 22.7 Å². The Hall–Kier alpha value is -0.730. The van der Waals surface area contributed by atoms with Gasteiger partial charge in [0, 0.05) is 6.07 Å². The van der Waals surface area contributed by atoms with Gasteiger partial charge in [0.25, 0.3) is 0 Å². The van der Waals surface area contributed by atoms with Gasteiger partial charge in [-0.05, 0) is 18.2 Å². The number of ether oxygens (including phenoxy) is 1. The minimum absolute atomic E-state index is 0.136. The average Bonchev–Trinajstić information content (AvgIpc) is 2.03. The Morgan fingerprint density at radius 3 is 2.85 bits per heavy atom. The molecule has 1 aromatic carbocycles. The summed E-state index contributed by atoms with van der Waals surface area (Å²) in [7, 11) is 0. The van der Waals surface area contributed by atoms with E-state index in [1.165, 1.54) is 18.2 Å². The average molecular weight is 221 g/mol. The predicted molar refractivity (Wildman–Crippen MR) is 51.7 cm³/mol. The fourth-order valence-corrected chi connectivity index (χ4v) is 0.884. The molecule has 70 valence electrons. The zero-order chi connectivity index (χ0) is 9.68. The fraction of sp³-hybridized carbons (Fsp3) is 0.111. The van der Waals surface area contributed by atoms with Gasteiger partial charge in [-0.25, -0.2) is 4.39 Å². The van der Waals surface area contributed by atoms with Crippen molar-refractivity contribution in [2.45, 2.75) is 0 Å². The van der Waals surface area contributed by atoms with Crippen LogP contribution in [0.2, 0.25) is 0 Å². The second kappa shape index (κ2) is 5.10. The van der Waals surface area contributed by atoms with Gasteiger partial charge >= 0.3 is 0 Å². The van der Waals surface area contributed by atoms with Gasteiger partial charge in [0.2, 0.25) is 0 Å². The third-order valence-electron chi connectivity index (χ3n) is 1.28.